The molecular formula is C20H21N3O2. The third-order valence-corrected chi connectivity index (χ3v) is 4.36. The Labute approximate surface area is 147 Å². The number of aromatic nitrogens is 2. The molecule has 0 bridgehead atoms. The highest BCUT2D eigenvalue weighted by Crippen LogP contribution is 2.31. The molecule has 1 N–H and O–H groups in total. The Hall–Kier alpha value is -2.95. The number of likely N-dealkylation sites (N-methyl/N-ethyl adjacent to an activating group) is 1. The number of carboxylic acid groups (broad SMARTS) is 1. The van der Waals surface area contributed by atoms with Crippen LogP contribution < -0.4 is 4.90 Å². The highest BCUT2D eigenvalue weighted by Gasteiger charge is 2.18. The van der Waals surface area contributed by atoms with Gasteiger partial charge in [-0.1, -0.05) is 18.2 Å². The molecule has 0 saturated carbocycles. The van der Waals surface area contributed by atoms with Crippen LogP contribution in [0.15, 0.2) is 48.8 Å². The van der Waals surface area contributed by atoms with Crippen LogP contribution in [-0.2, 0) is 17.6 Å². The topological polar surface area (TPSA) is 66.3 Å². The summed E-state index contributed by atoms with van der Waals surface area (Å²) >= 11 is 0. The number of nitrogens with zero attached hydrogens (tertiary/aromatic N) is 3. The number of hydrogen-bond donors (Lipinski definition) is 1. The number of fused-ring (bicyclic) bond motifs is 1. The van der Waals surface area contributed by atoms with Gasteiger partial charge < -0.3 is 10.0 Å². The van der Waals surface area contributed by atoms with E-state index in [2.05, 4.69) is 14.9 Å². The van der Waals surface area contributed by atoms with Crippen molar-refractivity contribution in [2.24, 2.45) is 0 Å². The second kappa shape index (κ2) is 7.30. The average Bonchev–Trinajstić information content (AvgIpc) is 2.61. The molecule has 5 nitrogen and oxygen atoms in total. The number of aryl methyl sites for hydroxylation is 1. The van der Waals surface area contributed by atoms with Crippen molar-refractivity contribution in [3.63, 3.8) is 0 Å². The summed E-state index contributed by atoms with van der Waals surface area (Å²) in [4.78, 5) is 22.1. The van der Waals surface area contributed by atoms with E-state index in [1.54, 1.807) is 12.4 Å². The van der Waals surface area contributed by atoms with Crippen molar-refractivity contribution in [2.45, 2.75) is 19.8 Å². The van der Waals surface area contributed by atoms with Gasteiger partial charge in [0.1, 0.15) is 0 Å². The van der Waals surface area contributed by atoms with E-state index >= 15 is 0 Å². The van der Waals surface area contributed by atoms with E-state index in [9.17, 15) is 9.90 Å². The first-order valence-corrected chi connectivity index (χ1v) is 8.26. The zero-order valence-corrected chi connectivity index (χ0v) is 14.4. The van der Waals surface area contributed by atoms with E-state index in [0.29, 0.717) is 0 Å². The molecule has 0 saturated heterocycles. The van der Waals surface area contributed by atoms with E-state index in [1.165, 1.54) is 5.56 Å². The Bertz CT molecular complexity index is 894. The van der Waals surface area contributed by atoms with Gasteiger partial charge >= 0.3 is 5.97 Å². The van der Waals surface area contributed by atoms with Crippen molar-refractivity contribution in [2.75, 3.05) is 18.5 Å². The summed E-state index contributed by atoms with van der Waals surface area (Å²) in [7, 11) is 2.01. The first-order valence-electron chi connectivity index (χ1n) is 8.26. The van der Waals surface area contributed by atoms with Crippen LogP contribution in [0.25, 0.3) is 10.9 Å². The second-order valence-corrected chi connectivity index (χ2v) is 6.14. The van der Waals surface area contributed by atoms with E-state index in [-0.39, 0.29) is 6.42 Å². The maximum absolute atomic E-state index is 11.4. The monoisotopic (exact) mass is 335 g/mol. The van der Waals surface area contributed by atoms with Crippen molar-refractivity contribution in [1.82, 2.24) is 9.97 Å². The van der Waals surface area contributed by atoms with E-state index < -0.39 is 5.97 Å². The largest absolute Gasteiger partial charge is 0.481 e. The molecule has 3 rings (SSSR count). The summed E-state index contributed by atoms with van der Waals surface area (Å²) in [5, 5.41) is 10.3. The minimum absolute atomic E-state index is 0.0292. The minimum Gasteiger partial charge on any atom is -0.481 e. The van der Waals surface area contributed by atoms with Gasteiger partial charge in [-0.25, -0.2) is 0 Å². The fraction of sp³-hybridized carbons (Fsp3) is 0.250. The molecule has 128 valence electrons. The Morgan fingerprint density at radius 2 is 1.88 bits per heavy atom. The summed E-state index contributed by atoms with van der Waals surface area (Å²) in [5.74, 6) is -0.844. The number of benzene rings is 1. The molecule has 0 fully saturated rings. The average molecular weight is 335 g/mol. The van der Waals surface area contributed by atoms with Crippen molar-refractivity contribution in [3.8, 4) is 0 Å². The normalized spacial score (nSPS) is 10.8. The fourth-order valence-electron chi connectivity index (χ4n) is 3.11. The molecule has 0 amide bonds. The first-order chi connectivity index (χ1) is 12.1. The molecule has 0 unspecified atom stereocenters. The number of para-hydroxylation sites is 1. The number of rotatable bonds is 6. The van der Waals surface area contributed by atoms with Crippen LogP contribution in [0.5, 0.6) is 0 Å². The third-order valence-electron chi connectivity index (χ3n) is 4.36. The third kappa shape index (κ3) is 3.76. The van der Waals surface area contributed by atoms with Crippen molar-refractivity contribution in [1.29, 1.82) is 0 Å². The van der Waals surface area contributed by atoms with Gasteiger partial charge in [-0.3, -0.25) is 14.8 Å². The zero-order valence-electron chi connectivity index (χ0n) is 14.4. The lowest BCUT2D eigenvalue weighted by atomic mass is 10.0. The maximum atomic E-state index is 11.4. The van der Waals surface area contributed by atoms with Crippen LogP contribution >= 0.6 is 0 Å². The molecule has 3 aromatic rings. The van der Waals surface area contributed by atoms with Crippen molar-refractivity contribution in [3.05, 3.63) is 65.6 Å². The Morgan fingerprint density at radius 3 is 2.60 bits per heavy atom. The second-order valence-electron chi connectivity index (χ2n) is 6.14. The van der Waals surface area contributed by atoms with Gasteiger partial charge in [0, 0.05) is 42.6 Å². The molecule has 2 heterocycles. The molecule has 5 heteroatoms. The zero-order chi connectivity index (χ0) is 17.8. The van der Waals surface area contributed by atoms with E-state index in [1.807, 2.05) is 50.4 Å². The molecule has 1 aromatic carbocycles. The van der Waals surface area contributed by atoms with Gasteiger partial charge in [-0.2, -0.15) is 0 Å². The summed E-state index contributed by atoms with van der Waals surface area (Å²) in [6.07, 6.45) is 4.41. The number of carbonyl (C=O) groups is 1. The first kappa shape index (κ1) is 16.9. The number of anilines is 1. The summed E-state index contributed by atoms with van der Waals surface area (Å²) in [6, 6.07) is 11.9. The number of pyridine rings is 2. The Kier molecular flexibility index (Phi) is 4.93. The van der Waals surface area contributed by atoms with Gasteiger partial charge in [-0.05, 0) is 37.1 Å². The molecular weight excluding hydrogens is 314 g/mol. The van der Waals surface area contributed by atoms with Gasteiger partial charge in [-0.15, -0.1) is 0 Å². The van der Waals surface area contributed by atoms with Crippen molar-refractivity contribution >= 4 is 22.6 Å². The van der Waals surface area contributed by atoms with Gasteiger partial charge in [0.15, 0.2) is 0 Å². The molecule has 0 radical (unpaired) electrons. The number of aliphatic carboxylic acids is 1. The number of carboxylic acids is 1. The SMILES string of the molecule is Cc1nc2ccccc2c(N(C)CCc2ccncc2)c1CC(=O)O. The lowest BCUT2D eigenvalue weighted by Crippen LogP contribution is -2.23. The standard InChI is InChI=1S/C20H21N3O2/c1-14-17(13-19(24)25)20(16-5-3-4-6-18(16)22-14)23(2)12-9-15-7-10-21-11-8-15/h3-8,10-11H,9,12-13H2,1-2H3,(H,24,25). The number of hydrogen-bond acceptors (Lipinski definition) is 4. The van der Waals surface area contributed by atoms with Crippen LogP contribution in [0.2, 0.25) is 0 Å². The smallest absolute Gasteiger partial charge is 0.307 e. The highest BCUT2D eigenvalue weighted by atomic mass is 16.4. The highest BCUT2D eigenvalue weighted by molar-refractivity contribution is 5.95. The summed E-state index contributed by atoms with van der Waals surface area (Å²) in [5.41, 5.74) is 4.60. The molecule has 0 spiro atoms. The van der Waals surface area contributed by atoms with Gasteiger partial charge in [0.25, 0.3) is 0 Å². The van der Waals surface area contributed by atoms with Crippen LogP contribution in [-0.4, -0.2) is 34.6 Å². The van der Waals surface area contributed by atoms with Crippen LogP contribution in [0, 0.1) is 6.92 Å². The van der Waals surface area contributed by atoms with Gasteiger partial charge in [0.2, 0.25) is 0 Å². The Balaban J connectivity index is 2.00. The predicted molar refractivity (Wildman–Crippen MR) is 99.0 cm³/mol. The quantitative estimate of drug-likeness (QED) is 0.749. The lowest BCUT2D eigenvalue weighted by molar-refractivity contribution is -0.136. The van der Waals surface area contributed by atoms with Crippen molar-refractivity contribution < 1.29 is 9.90 Å². The minimum atomic E-state index is -0.844. The van der Waals surface area contributed by atoms with E-state index in [4.69, 9.17) is 0 Å². The summed E-state index contributed by atoms with van der Waals surface area (Å²) in [6.45, 7) is 2.66. The molecule has 0 atom stereocenters. The fourth-order valence-corrected chi connectivity index (χ4v) is 3.11. The molecule has 0 aliphatic carbocycles. The maximum Gasteiger partial charge on any atom is 0.307 e. The molecule has 0 aliphatic rings. The van der Waals surface area contributed by atoms with Crippen LogP contribution in [0.3, 0.4) is 0 Å². The predicted octanol–water partition coefficient (Wildman–Crippen LogP) is 3.24. The van der Waals surface area contributed by atoms with Gasteiger partial charge in [0.05, 0.1) is 17.6 Å². The Morgan fingerprint density at radius 1 is 1.16 bits per heavy atom. The van der Waals surface area contributed by atoms with Crippen LogP contribution in [0.4, 0.5) is 5.69 Å². The molecule has 25 heavy (non-hydrogen) atoms. The van der Waals surface area contributed by atoms with Crippen LogP contribution in [0.1, 0.15) is 16.8 Å². The van der Waals surface area contributed by atoms with E-state index in [0.717, 1.165) is 40.8 Å². The lowest BCUT2D eigenvalue weighted by Gasteiger charge is -2.25. The molecule has 0 aliphatic heterocycles. The summed E-state index contributed by atoms with van der Waals surface area (Å²) < 4.78 is 0. The molecule has 2 aromatic heterocycles.